The van der Waals surface area contributed by atoms with Crippen LogP contribution >= 0.6 is 34.8 Å². The number of rotatable bonds is 5. The molecule has 0 spiro atoms. The Morgan fingerprint density at radius 3 is 2.56 bits per heavy atom. The van der Waals surface area contributed by atoms with Crippen molar-refractivity contribution in [3.05, 3.63) is 86.7 Å². The van der Waals surface area contributed by atoms with Gasteiger partial charge in [-0.15, -0.1) is 0 Å². The summed E-state index contributed by atoms with van der Waals surface area (Å²) in [5.74, 6) is 0.514. The minimum absolute atomic E-state index is 0.0246. The summed E-state index contributed by atoms with van der Waals surface area (Å²) in [5.41, 5.74) is 2.45. The van der Waals surface area contributed by atoms with Gasteiger partial charge in [-0.2, -0.15) is 0 Å². The number of nitrogens with zero attached hydrogens (tertiary/aromatic N) is 3. The number of ether oxygens (including phenoxy) is 1. The van der Waals surface area contributed by atoms with Crippen LogP contribution < -0.4 is 4.74 Å². The second-order valence-electron chi connectivity index (χ2n) is 7.98. The van der Waals surface area contributed by atoms with Gasteiger partial charge in [-0.05, 0) is 49.7 Å². The van der Waals surface area contributed by atoms with Crippen molar-refractivity contribution in [3.63, 3.8) is 0 Å². The molecule has 0 N–H and O–H groups in total. The number of hydrogen-bond acceptors (Lipinski definition) is 4. The van der Waals surface area contributed by atoms with Crippen LogP contribution in [0.5, 0.6) is 5.88 Å². The number of hydrogen-bond donors (Lipinski definition) is 0. The Labute approximate surface area is 202 Å². The fraction of sp³-hybridized carbons (Fsp3) is 0.292. The van der Waals surface area contributed by atoms with Crippen molar-refractivity contribution < 1.29 is 9.53 Å². The van der Waals surface area contributed by atoms with Crippen molar-refractivity contribution in [3.8, 4) is 5.88 Å². The van der Waals surface area contributed by atoms with Gasteiger partial charge in [0.05, 0.1) is 15.1 Å². The van der Waals surface area contributed by atoms with Crippen LogP contribution in [0.15, 0.2) is 54.9 Å². The highest BCUT2D eigenvalue weighted by Crippen LogP contribution is 2.38. The molecular weight excluding hydrogens is 469 g/mol. The van der Waals surface area contributed by atoms with Crippen LogP contribution in [0.2, 0.25) is 15.1 Å². The highest BCUT2D eigenvalue weighted by atomic mass is 35.5. The van der Waals surface area contributed by atoms with E-state index in [4.69, 9.17) is 39.5 Å². The lowest BCUT2D eigenvalue weighted by Crippen LogP contribution is -2.32. The lowest BCUT2D eigenvalue weighted by Gasteiger charge is -2.25. The van der Waals surface area contributed by atoms with Gasteiger partial charge in [0.2, 0.25) is 5.88 Å². The van der Waals surface area contributed by atoms with Crippen molar-refractivity contribution in [2.45, 2.75) is 25.9 Å². The van der Waals surface area contributed by atoms with E-state index < -0.39 is 0 Å². The van der Waals surface area contributed by atoms with E-state index >= 15 is 0 Å². The first-order valence-corrected chi connectivity index (χ1v) is 11.4. The van der Waals surface area contributed by atoms with E-state index in [9.17, 15) is 4.79 Å². The molecule has 166 valence electrons. The van der Waals surface area contributed by atoms with Gasteiger partial charge in [0.25, 0.3) is 5.91 Å². The number of amides is 1. The maximum absolute atomic E-state index is 13.2. The molecule has 5 nitrogen and oxygen atoms in total. The molecule has 3 heterocycles. The average Bonchev–Trinajstić information content (AvgIpc) is 3.22. The number of likely N-dealkylation sites (tertiary alicyclic amines) is 1. The Balaban J connectivity index is 1.61. The van der Waals surface area contributed by atoms with E-state index in [0.29, 0.717) is 39.6 Å². The summed E-state index contributed by atoms with van der Waals surface area (Å²) in [6, 6.07) is 12.7. The molecule has 0 saturated carbocycles. The van der Waals surface area contributed by atoms with Crippen molar-refractivity contribution in [2.24, 2.45) is 5.92 Å². The summed E-state index contributed by atoms with van der Waals surface area (Å²) in [4.78, 5) is 23.5. The maximum atomic E-state index is 13.2. The zero-order valence-corrected chi connectivity index (χ0v) is 19.9. The molecule has 0 radical (unpaired) electrons. The highest BCUT2D eigenvalue weighted by molar-refractivity contribution is 6.42. The number of aromatic nitrogens is 2. The molecule has 1 aliphatic heterocycles. The average molecular weight is 491 g/mol. The molecule has 1 amide bonds. The van der Waals surface area contributed by atoms with Gasteiger partial charge in [-0.3, -0.25) is 9.78 Å². The molecule has 1 aromatic carbocycles. The lowest BCUT2D eigenvalue weighted by atomic mass is 9.86. The molecule has 0 unspecified atom stereocenters. The van der Waals surface area contributed by atoms with Gasteiger partial charge in [0.1, 0.15) is 6.10 Å². The molecule has 0 bridgehead atoms. The molecule has 3 aromatic rings. The number of aryl methyl sites for hydroxylation is 1. The second kappa shape index (κ2) is 9.65. The van der Waals surface area contributed by atoms with E-state index in [2.05, 4.69) is 9.97 Å². The zero-order valence-electron chi connectivity index (χ0n) is 17.6. The van der Waals surface area contributed by atoms with Crippen LogP contribution in [0.1, 0.15) is 34.5 Å². The first-order valence-electron chi connectivity index (χ1n) is 10.3. The Hall–Kier alpha value is -2.34. The third kappa shape index (κ3) is 5.01. The molecule has 32 heavy (non-hydrogen) atoms. The first-order chi connectivity index (χ1) is 15.3. The monoisotopic (exact) mass is 489 g/mol. The van der Waals surface area contributed by atoms with Gasteiger partial charge in [0, 0.05) is 54.6 Å². The van der Waals surface area contributed by atoms with Gasteiger partial charge in [0.15, 0.2) is 0 Å². The van der Waals surface area contributed by atoms with E-state index in [1.54, 1.807) is 42.7 Å². The van der Waals surface area contributed by atoms with Crippen LogP contribution in [-0.2, 0) is 0 Å². The summed E-state index contributed by atoms with van der Waals surface area (Å²) < 4.78 is 6.14. The third-order valence-electron chi connectivity index (χ3n) is 5.78. The van der Waals surface area contributed by atoms with Gasteiger partial charge in [-0.1, -0.05) is 40.9 Å². The van der Waals surface area contributed by atoms with E-state index in [-0.39, 0.29) is 23.8 Å². The molecule has 0 aliphatic carbocycles. The molecule has 1 aliphatic rings. The largest absolute Gasteiger partial charge is 0.474 e. The Bertz CT molecular complexity index is 1120. The summed E-state index contributed by atoms with van der Waals surface area (Å²) in [6.45, 7) is 4.96. The summed E-state index contributed by atoms with van der Waals surface area (Å²) in [6.07, 6.45) is 3.00. The maximum Gasteiger partial charge on any atom is 0.254 e. The fourth-order valence-electron chi connectivity index (χ4n) is 4.14. The molecule has 4 rings (SSSR count). The van der Waals surface area contributed by atoms with Crippen LogP contribution in [0.25, 0.3) is 0 Å². The second-order valence-corrected chi connectivity index (χ2v) is 9.23. The fourth-order valence-corrected chi connectivity index (χ4v) is 4.56. The summed E-state index contributed by atoms with van der Waals surface area (Å²) in [5, 5.41) is 1.54. The van der Waals surface area contributed by atoms with Crippen LogP contribution in [0, 0.1) is 12.8 Å². The predicted molar refractivity (Wildman–Crippen MR) is 127 cm³/mol. The van der Waals surface area contributed by atoms with Crippen molar-refractivity contribution >= 4 is 40.7 Å². The predicted octanol–water partition coefficient (Wildman–Crippen LogP) is 6.07. The van der Waals surface area contributed by atoms with E-state index in [0.717, 1.165) is 11.3 Å². The Morgan fingerprint density at radius 1 is 1.06 bits per heavy atom. The SMILES string of the molecule is Cc1cc(C(=O)N2C[C@@H]([C@H](C)Oc3ccc(Cl)cn3)[C@@H](c3ccc(Cl)c(Cl)c3)C2)ccn1. The van der Waals surface area contributed by atoms with Gasteiger partial charge < -0.3 is 9.64 Å². The van der Waals surface area contributed by atoms with Crippen molar-refractivity contribution in [1.29, 1.82) is 0 Å². The third-order valence-corrected chi connectivity index (χ3v) is 6.74. The van der Waals surface area contributed by atoms with E-state index in [1.807, 2.05) is 30.9 Å². The standard InChI is InChI=1S/C24H22Cl3N3O2/c1-14-9-17(7-8-28-14)24(31)30-12-19(15(2)32-23-6-4-18(25)11-29-23)20(13-30)16-3-5-21(26)22(27)10-16/h3-11,15,19-20H,12-13H2,1-2H3/t15-,19-,20+/m0/s1. The van der Waals surface area contributed by atoms with Crippen molar-refractivity contribution in [2.75, 3.05) is 13.1 Å². The molecule has 1 fully saturated rings. The first kappa shape index (κ1) is 22.8. The van der Waals surface area contributed by atoms with Crippen molar-refractivity contribution in [1.82, 2.24) is 14.9 Å². The number of carbonyl (C=O) groups excluding carboxylic acids is 1. The molecular formula is C24H22Cl3N3O2. The smallest absolute Gasteiger partial charge is 0.254 e. The quantitative estimate of drug-likeness (QED) is 0.436. The Morgan fingerprint density at radius 2 is 1.88 bits per heavy atom. The number of pyridine rings is 2. The Kier molecular flexibility index (Phi) is 6.89. The van der Waals surface area contributed by atoms with Gasteiger partial charge in [-0.25, -0.2) is 4.98 Å². The summed E-state index contributed by atoms with van der Waals surface area (Å²) >= 11 is 18.4. The molecule has 1 saturated heterocycles. The number of carbonyl (C=O) groups is 1. The van der Waals surface area contributed by atoms with Crippen LogP contribution in [-0.4, -0.2) is 40.0 Å². The number of benzene rings is 1. The topological polar surface area (TPSA) is 55.3 Å². The normalized spacial score (nSPS) is 19.1. The highest BCUT2D eigenvalue weighted by Gasteiger charge is 2.40. The lowest BCUT2D eigenvalue weighted by molar-refractivity contribution is 0.0769. The summed E-state index contributed by atoms with van der Waals surface area (Å²) in [7, 11) is 0. The van der Waals surface area contributed by atoms with Crippen LogP contribution in [0.3, 0.4) is 0 Å². The molecule has 2 aromatic heterocycles. The van der Waals surface area contributed by atoms with Gasteiger partial charge >= 0.3 is 0 Å². The number of halogens is 3. The van der Waals surface area contributed by atoms with Crippen LogP contribution in [0.4, 0.5) is 0 Å². The minimum Gasteiger partial charge on any atom is -0.474 e. The van der Waals surface area contributed by atoms with E-state index in [1.165, 1.54) is 0 Å². The minimum atomic E-state index is -0.208. The zero-order chi connectivity index (χ0) is 22.8. The molecule has 3 atom stereocenters. The molecule has 8 heteroatoms.